The molecule has 2 heterocycles. The molecule has 0 radical (unpaired) electrons. The summed E-state index contributed by atoms with van der Waals surface area (Å²) in [7, 11) is 0. The number of nitrogens with zero attached hydrogens (tertiary/aromatic N) is 4. The lowest BCUT2D eigenvalue weighted by Crippen LogP contribution is -1.85. The zero-order valence-electron chi connectivity index (χ0n) is 16.9. The second-order valence-corrected chi connectivity index (χ2v) is 7.15. The monoisotopic (exact) mass is 412 g/mol. The third kappa shape index (κ3) is 3.43. The molecule has 0 amide bonds. The Morgan fingerprint density at radius 3 is 1.34 bits per heavy atom. The van der Waals surface area contributed by atoms with Gasteiger partial charge in [-0.2, -0.15) is 10.5 Å². The van der Waals surface area contributed by atoms with Gasteiger partial charge in [-0.05, 0) is 6.07 Å². The molecule has 0 aliphatic carbocycles. The third-order valence-corrected chi connectivity index (χ3v) is 5.14. The highest BCUT2D eigenvalue weighted by atomic mass is 14.9. The second-order valence-electron chi connectivity index (χ2n) is 7.15. The van der Waals surface area contributed by atoms with Crippen molar-refractivity contribution >= 4 is 0 Å². The van der Waals surface area contributed by atoms with Gasteiger partial charge < -0.3 is 9.97 Å². The van der Waals surface area contributed by atoms with Crippen LogP contribution in [-0.2, 0) is 0 Å². The van der Waals surface area contributed by atoms with Crippen molar-refractivity contribution in [2.75, 3.05) is 0 Å². The largest absolute Gasteiger partial charge is 0.329 e. The Morgan fingerprint density at radius 2 is 0.938 bits per heavy atom. The van der Waals surface area contributed by atoms with Crippen LogP contribution in [0.5, 0.6) is 0 Å². The predicted molar refractivity (Wildman–Crippen MR) is 122 cm³/mol. The molecular weight excluding hydrogens is 396 g/mol. The summed E-state index contributed by atoms with van der Waals surface area (Å²) >= 11 is 0. The van der Waals surface area contributed by atoms with Crippen molar-refractivity contribution in [2.24, 2.45) is 0 Å². The average Bonchev–Trinajstić information content (AvgIpc) is 3.50. The molecule has 6 heteroatoms. The summed E-state index contributed by atoms with van der Waals surface area (Å²) in [6.45, 7) is 0. The number of nitriles is 2. The third-order valence-electron chi connectivity index (χ3n) is 5.14. The Balaban J connectivity index is 1.56. The summed E-state index contributed by atoms with van der Waals surface area (Å²) in [5, 5.41) is 19.1. The Bertz CT molecular complexity index is 1370. The minimum absolute atomic E-state index is 0.410. The van der Waals surface area contributed by atoms with E-state index in [0.717, 1.165) is 22.3 Å². The van der Waals surface area contributed by atoms with Gasteiger partial charge in [0.05, 0.1) is 0 Å². The minimum atomic E-state index is 0.410. The van der Waals surface area contributed by atoms with E-state index in [9.17, 15) is 10.5 Å². The van der Waals surface area contributed by atoms with Crippen LogP contribution in [0, 0.1) is 22.7 Å². The standard InChI is InChI=1S/C26H16N6/c27-15-21-23(17-8-3-1-4-9-17)31-25(29-21)19-12-7-13-20(14-19)26-30-22(16-28)24(32-26)18-10-5-2-6-11-18/h1-14H,(H,29,31)(H,30,32). The molecular formula is C26H16N6. The molecule has 150 valence electrons. The number of rotatable bonds is 4. The highest BCUT2D eigenvalue weighted by Crippen LogP contribution is 2.30. The summed E-state index contributed by atoms with van der Waals surface area (Å²) in [6, 6.07) is 31.3. The maximum absolute atomic E-state index is 9.57. The molecule has 0 saturated carbocycles. The lowest BCUT2D eigenvalue weighted by Gasteiger charge is -2.01. The van der Waals surface area contributed by atoms with Gasteiger partial charge in [-0.25, -0.2) is 9.97 Å². The Kier molecular flexibility index (Phi) is 4.80. The SMILES string of the molecule is N#Cc1[nH]c(-c2cccc(-c3nc(-c4ccccc4)c(C#N)[nH]3)c2)nc1-c1ccccc1. The molecule has 0 aliphatic rings. The molecule has 0 fully saturated rings. The maximum Gasteiger partial charge on any atom is 0.145 e. The normalized spacial score (nSPS) is 10.4. The molecule has 0 saturated heterocycles. The van der Waals surface area contributed by atoms with Gasteiger partial charge >= 0.3 is 0 Å². The summed E-state index contributed by atoms with van der Waals surface area (Å²) in [5.74, 6) is 1.19. The molecule has 0 spiro atoms. The second kappa shape index (κ2) is 8.06. The number of H-pyrrole nitrogens is 2. The molecule has 6 nitrogen and oxygen atoms in total. The molecule has 2 N–H and O–H groups in total. The molecule has 0 atom stereocenters. The topological polar surface area (TPSA) is 105 Å². The van der Waals surface area contributed by atoms with Crippen molar-refractivity contribution in [1.82, 2.24) is 19.9 Å². The molecule has 0 aliphatic heterocycles. The van der Waals surface area contributed by atoms with Crippen LogP contribution < -0.4 is 0 Å². The number of nitrogens with one attached hydrogen (secondary N) is 2. The van der Waals surface area contributed by atoms with Gasteiger partial charge in [-0.15, -0.1) is 0 Å². The van der Waals surface area contributed by atoms with Gasteiger partial charge in [0.2, 0.25) is 0 Å². The first-order valence-corrected chi connectivity index (χ1v) is 9.98. The lowest BCUT2D eigenvalue weighted by atomic mass is 10.1. The molecule has 5 aromatic rings. The van der Waals surface area contributed by atoms with Crippen LogP contribution in [-0.4, -0.2) is 19.9 Å². The van der Waals surface area contributed by atoms with Gasteiger partial charge in [0.15, 0.2) is 0 Å². The van der Waals surface area contributed by atoms with Crippen molar-refractivity contribution in [3.63, 3.8) is 0 Å². The van der Waals surface area contributed by atoms with E-state index in [2.05, 4.69) is 32.1 Å². The van der Waals surface area contributed by atoms with Crippen LogP contribution in [0.25, 0.3) is 45.3 Å². The van der Waals surface area contributed by atoms with Crippen LogP contribution in [0.15, 0.2) is 84.9 Å². The molecule has 0 bridgehead atoms. The van der Waals surface area contributed by atoms with Crippen molar-refractivity contribution in [3.8, 4) is 57.4 Å². The fourth-order valence-electron chi connectivity index (χ4n) is 3.61. The summed E-state index contributed by atoms with van der Waals surface area (Å²) in [6.07, 6.45) is 0. The van der Waals surface area contributed by atoms with E-state index in [4.69, 9.17) is 0 Å². The quantitative estimate of drug-likeness (QED) is 0.404. The fourth-order valence-corrected chi connectivity index (χ4v) is 3.61. The summed E-state index contributed by atoms with van der Waals surface area (Å²) in [4.78, 5) is 15.6. The minimum Gasteiger partial charge on any atom is -0.329 e. The van der Waals surface area contributed by atoms with Crippen LogP contribution in [0.3, 0.4) is 0 Å². The number of hydrogen-bond acceptors (Lipinski definition) is 4. The number of imidazole rings is 2. The van der Waals surface area contributed by atoms with Gasteiger partial charge in [-0.3, -0.25) is 0 Å². The van der Waals surface area contributed by atoms with E-state index >= 15 is 0 Å². The first kappa shape index (κ1) is 19.0. The van der Waals surface area contributed by atoms with E-state index in [1.807, 2.05) is 84.9 Å². The van der Waals surface area contributed by atoms with Crippen LogP contribution in [0.1, 0.15) is 11.4 Å². The average molecular weight is 412 g/mol. The van der Waals surface area contributed by atoms with E-state index in [1.54, 1.807) is 0 Å². The van der Waals surface area contributed by atoms with Gasteiger partial charge in [0, 0.05) is 22.3 Å². The van der Waals surface area contributed by atoms with Crippen LogP contribution in [0.2, 0.25) is 0 Å². The Labute approximate surface area is 184 Å². The molecule has 5 rings (SSSR count). The zero-order valence-corrected chi connectivity index (χ0v) is 16.9. The Morgan fingerprint density at radius 1 is 0.531 bits per heavy atom. The fraction of sp³-hybridized carbons (Fsp3) is 0. The number of aromatic amines is 2. The van der Waals surface area contributed by atoms with Crippen molar-refractivity contribution in [1.29, 1.82) is 10.5 Å². The van der Waals surface area contributed by atoms with Crippen molar-refractivity contribution < 1.29 is 0 Å². The number of hydrogen-bond donors (Lipinski definition) is 2. The van der Waals surface area contributed by atoms with E-state index in [1.165, 1.54) is 0 Å². The van der Waals surface area contributed by atoms with Gasteiger partial charge in [0.25, 0.3) is 0 Å². The highest BCUT2D eigenvalue weighted by Gasteiger charge is 2.16. The Hall–Kier alpha value is -4.94. The smallest absolute Gasteiger partial charge is 0.145 e. The number of aromatic nitrogens is 4. The van der Waals surface area contributed by atoms with E-state index in [-0.39, 0.29) is 0 Å². The van der Waals surface area contributed by atoms with Gasteiger partial charge in [0.1, 0.15) is 46.6 Å². The lowest BCUT2D eigenvalue weighted by molar-refractivity contribution is 1.27. The van der Waals surface area contributed by atoms with Gasteiger partial charge in [-0.1, -0.05) is 78.9 Å². The highest BCUT2D eigenvalue weighted by molar-refractivity contribution is 5.74. The molecule has 2 aromatic heterocycles. The first-order valence-electron chi connectivity index (χ1n) is 9.98. The van der Waals surface area contributed by atoms with Crippen molar-refractivity contribution in [2.45, 2.75) is 0 Å². The molecule has 3 aromatic carbocycles. The number of benzene rings is 3. The van der Waals surface area contributed by atoms with Crippen molar-refractivity contribution in [3.05, 3.63) is 96.3 Å². The summed E-state index contributed by atoms with van der Waals surface area (Å²) in [5.41, 5.74) is 5.43. The molecule has 32 heavy (non-hydrogen) atoms. The maximum atomic E-state index is 9.57. The zero-order chi connectivity index (χ0) is 21.9. The van der Waals surface area contributed by atoms with Crippen LogP contribution >= 0.6 is 0 Å². The van der Waals surface area contributed by atoms with E-state index in [0.29, 0.717) is 34.4 Å². The first-order chi connectivity index (χ1) is 15.8. The van der Waals surface area contributed by atoms with Crippen LogP contribution in [0.4, 0.5) is 0 Å². The molecule has 0 unspecified atom stereocenters. The van der Waals surface area contributed by atoms with E-state index < -0.39 is 0 Å². The summed E-state index contributed by atoms with van der Waals surface area (Å²) < 4.78 is 0. The predicted octanol–water partition coefficient (Wildman–Crippen LogP) is 5.54.